The van der Waals surface area contributed by atoms with Gasteiger partial charge >= 0.3 is 6.18 Å². The molecule has 0 radical (unpaired) electrons. The van der Waals surface area contributed by atoms with E-state index in [0.29, 0.717) is 29.5 Å². The van der Waals surface area contributed by atoms with Crippen LogP contribution in [0.15, 0.2) is 36.5 Å². The summed E-state index contributed by atoms with van der Waals surface area (Å²) in [5, 5.41) is 8.47. The van der Waals surface area contributed by atoms with Crippen molar-refractivity contribution in [2.75, 3.05) is 19.8 Å². The SMILES string of the molecule is CC(C)C(=O)NCc1ccc(C(F)(F)F)c(C2NC(=O)CC(c3ccc(OCC4CCOCC4)nc3)N2)c1. The molecule has 2 amide bonds. The molecule has 2 aliphatic heterocycles. The summed E-state index contributed by atoms with van der Waals surface area (Å²) in [5.74, 6) is 0.0179. The number of ether oxygens (including phenoxy) is 2. The van der Waals surface area contributed by atoms with Gasteiger partial charge in [-0.3, -0.25) is 14.9 Å². The van der Waals surface area contributed by atoms with Crippen LogP contribution in [0.1, 0.15) is 67.6 Å². The molecule has 3 N–H and O–H groups in total. The predicted octanol–water partition coefficient (Wildman–Crippen LogP) is 4.03. The summed E-state index contributed by atoms with van der Waals surface area (Å²) in [6, 6.07) is 6.61. The topological polar surface area (TPSA) is 102 Å². The molecule has 0 saturated carbocycles. The molecule has 0 aliphatic carbocycles. The zero-order chi connectivity index (χ0) is 27.3. The second-order valence-corrected chi connectivity index (χ2v) is 10.0. The van der Waals surface area contributed by atoms with Gasteiger partial charge in [0, 0.05) is 56.0 Å². The smallest absolute Gasteiger partial charge is 0.416 e. The van der Waals surface area contributed by atoms with Crippen LogP contribution in [0.5, 0.6) is 5.88 Å². The standard InChI is InChI=1S/C27H33F3N4O4/c1-16(2)26(36)32-13-18-3-5-21(27(28,29)30)20(11-18)25-33-22(12-23(35)34-25)19-4-6-24(31-14-19)38-15-17-7-9-37-10-8-17/h3-6,11,14,16-17,22,25,33H,7-10,12-13,15H2,1-2H3,(H,32,36)(H,34,35). The molecular formula is C27H33F3N4O4. The Bertz CT molecular complexity index is 1120. The van der Waals surface area contributed by atoms with E-state index in [1.54, 1.807) is 32.2 Å². The van der Waals surface area contributed by atoms with Crippen molar-refractivity contribution in [3.8, 4) is 5.88 Å². The second kappa shape index (κ2) is 12.1. The molecule has 11 heteroatoms. The Morgan fingerprint density at radius 2 is 1.97 bits per heavy atom. The van der Waals surface area contributed by atoms with Gasteiger partial charge in [-0.1, -0.05) is 26.0 Å². The average molecular weight is 535 g/mol. The second-order valence-electron chi connectivity index (χ2n) is 10.0. The van der Waals surface area contributed by atoms with Crippen molar-refractivity contribution in [1.82, 2.24) is 20.9 Å². The quantitative estimate of drug-likeness (QED) is 0.473. The minimum Gasteiger partial charge on any atom is -0.477 e. The zero-order valence-electron chi connectivity index (χ0n) is 21.4. The van der Waals surface area contributed by atoms with Crippen LogP contribution in [0, 0.1) is 11.8 Å². The maximum atomic E-state index is 13.9. The lowest BCUT2D eigenvalue weighted by Crippen LogP contribution is -2.47. The number of carbonyl (C=O) groups is 2. The Balaban J connectivity index is 1.49. The molecule has 4 rings (SSSR count). The predicted molar refractivity (Wildman–Crippen MR) is 133 cm³/mol. The van der Waals surface area contributed by atoms with E-state index in [9.17, 15) is 22.8 Å². The summed E-state index contributed by atoms with van der Waals surface area (Å²) in [5.41, 5.74) is 0.186. The highest BCUT2D eigenvalue weighted by Gasteiger charge is 2.38. The number of benzene rings is 1. The van der Waals surface area contributed by atoms with Crippen molar-refractivity contribution < 1.29 is 32.2 Å². The van der Waals surface area contributed by atoms with Crippen LogP contribution in [-0.4, -0.2) is 36.6 Å². The number of pyridine rings is 1. The van der Waals surface area contributed by atoms with Crippen LogP contribution < -0.4 is 20.7 Å². The van der Waals surface area contributed by atoms with Gasteiger partial charge in [0.2, 0.25) is 17.7 Å². The van der Waals surface area contributed by atoms with Crippen LogP contribution in [0.4, 0.5) is 13.2 Å². The van der Waals surface area contributed by atoms with Gasteiger partial charge in [0.05, 0.1) is 12.2 Å². The lowest BCUT2D eigenvalue weighted by Gasteiger charge is -2.33. The molecule has 2 aliphatic rings. The highest BCUT2D eigenvalue weighted by molar-refractivity contribution is 5.78. The number of carbonyl (C=O) groups excluding carboxylic acids is 2. The first-order chi connectivity index (χ1) is 18.1. The third kappa shape index (κ3) is 7.22. The summed E-state index contributed by atoms with van der Waals surface area (Å²) in [6.07, 6.45) is -2.21. The molecule has 1 aromatic heterocycles. The van der Waals surface area contributed by atoms with E-state index in [1.165, 1.54) is 12.1 Å². The highest BCUT2D eigenvalue weighted by Crippen LogP contribution is 2.36. The van der Waals surface area contributed by atoms with Gasteiger partial charge in [-0.15, -0.1) is 0 Å². The molecule has 2 unspecified atom stereocenters. The van der Waals surface area contributed by atoms with Gasteiger partial charge in [0.1, 0.15) is 6.17 Å². The maximum Gasteiger partial charge on any atom is 0.416 e. The van der Waals surface area contributed by atoms with Gasteiger partial charge in [0.25, 0.3) is 0 Å². The number of nitrogens with one attached hydrogen (secondary N) is 3. The molecule has 206 valence electrons. The van der Waals surface area contributed by atoms with E-state index in [-0.39, 0.29) is 36.3 Å². The normalized spacial score (nSPS) is 20.7. The molecule has 38 heavy (non-hydrogen) atoms. The molecule has 1 aromatic carbocycles. The minimum absolute atomic E-state index is 0.0476. The number of hydrogen-bond acceptors (Lipinski definition) is 6. The first kappa shape index (κ1) is 27.8. The van der Waals surface area contributed by atoms with Crippen molar-refractivity contribution in [1.29, 1.82) is 0 Å². The first-order valence-corrected chi connectivity index (χ1v) is 12.8. The fraction of sp³-hybridized carbons (Fsp3) is 0.519. The van der Waals surface area contributed by atoms with Gasteiger partial charge in [0.15, 0.2) is 0 Å². The van der Waals surface area contributed by atoms with Crippen LogP contribution in [0.25, 0.3) is 0 Å². The van der Waals surface area contributed by atoms with Crippen LogP contribution in [-0.2, 0) is 27.0 Å². The van der Waals surface area contributed by atoms with E-state index >= 15 is 0 Å². The van der Waals surface area contributed by atoms with Crippen molar-refractivity contribution >= 4 is 11.8 Å². The van der Waals surface area contributed by atoms with Crippen LogP contribution in [0.3, 0.4) is 0 Å². The minimum atomic E-state index is -4.63. The third-order valence-corrected chi connectivity index (χ3v) is 6.76. The van der Waals surface area contributed by atoms with Crippen molar-refractivity contribution in [3.63, 3.8) is 0 Å². The highest BCUT2D eigenvalue weighted by atomic mass is 19.4. The summed E-state index contributed by atoms with van der Waals surface area (Å²) < 4.78 is 52.8. The van der Waals surface area contributed by atoms with E-state index in [2.05, 4.69) is 20.9 Å². The zero-order valence-corrected chi connectivity index (χ0v) is 21.4. The Kier molecular flexibility index (Phi) is 8.88. The molecule has 8 nitrogen and oxygen atoms in total. The van der Waals surface area contributed by atoms with E-state index < -0.39 is 23.9 Å². The molecular weight excluding hydrogens is 501 g/mol. The molecule has 2 fully saturated rings. The van der Waals surface area contributed by atoms with E-state index in [0.717, 1.165) is 32.1 Å². The molecule has 0 spiro atoms. The summed E-state index contributed by atoms with van der Waals surface area (Å²) in [7, 11) is 0. The van der Waals surface area contributed by atoms with Crippen LogP contribution in [0.2, 0.25) is 0 Å². The number of hydrogen-bond donors (Lipinski definition) is 3. The summed E-state index contributed by atoms with van der Waals surface area (Å²) in [4.78, 5) is 28.8. The van der Waals surface area contributed by atoms with Gasteiger partial charge < -0.3 is 20.1 Å². The van der Waals surface area contributed by atoms with E-state index in [4.69, 9.17) is 9.47 Å². The Morgan fingerprint density at radius 3 is 2.63 bits per heavy atom. The molecule has 2 atom stereocenters. The average Bonchev–Trinajstić information content (AvgIpc) is 2.90. The number of alkyl halides is 3. The fourth-order valence-corrected chi connectivity index (χ4v) is 4.50. The Hall–Kier alpha value is -3.18. The number of amides is 2. The lowest BCUT2D eigenvalue weighted by atomic mass is 9.96. The Morgan fingerprint density at radius 1 is 1.21 bits per heavy atom. The number of aromatic nitrogens is 1. The van der Waals surface area contributed by atoms with Crippen molar-refractivity contribution in [2.24, 2.45) is 11.8 Å². The monoisotopic (exact) mass is 534 g/mol. The molecule has 2 aromatic rings. The number of halogens is 3. The first-order valence-electron chi connectivity index (χ1n) is 12.8. The Labute approximate surface area is 219 Å². The molecule has 0 bridgehead atoms. The third-order valence-electron chi connectivity index (χ3n) is 6.76. The number of rotatable bonds is 8. The van der Waals surface area contributed by atoms with Crippen molar-refractivity contribution in [2.45, 2.75) is 58.0 Å². The number of nitrogens with zero attached hydrogens (tertiary/aromatic N) is 1. The summed E-state index contributed by atoms with van der Waals surface area (Å²) >= 11 is 0. The van der Waals surface area contributed by atoms with Gasteiger partial charge in [-0.05, 0) is 42.0 Å². The largest absolute Gasteiger partial charge is 0.477 e. The molecule has 3 heterocycles. The van der Waals surface area contributed by atoms with E-state index in [1.807, 2.05) is 0 Å². The maximum absolute atomic E-state index is 13.9. The fourth-order valence-electron chi connectivity index (χ4n) is 4.50. The van der Waals surface area contributed by atoms with Gasteiger partial charge in [-0.25, -0.2) is 4.98 Å². The van der Waals surface area contributed by atoms with Gasteiger partial charge in [-0.2, -0.15) is 13.2 Å². The molecule has 2 saturated heterocycles. The van der Waals surface area contributed by atoms with Crippen molar-refractivity contribution in [3.05, 3.63) is 58.8 Å². The summed E-state index contributed by atoms with van der Waals surface area (Å²) in [6.45, 7) is 5.52. The van der Waals surface area contributed by atoms with Crippen LogP contribution >= 0.6 is 0 Å². The lowest BCUT2D eigenvalue weighted by molar-refractivity contribution is -0.139.